The van der Waals surface area contributed by atoms with Gasteiger partial charge in [-0.25, -0.2) is 0 Å². The van der Waals surface area contributed by atoms with Gasteiger partial charge in [0.1, 0.15) is 0 Å². The molecule has 0 atom stereocenters. The largest absolute Gasteiger partial charge is 0.417 e. The van der Waals surface area contributed by atoms with Gasteiger partial charge in [0.2, 0.25) is 5.82 Å². The molecule has 0 saturated heterocycles. The summed E-state index contributed by atoms with van der Waals surface area (Å²) in [5, 5.41) is 3.92. The van der Waals surface area contributed by atoms with E-state index in [-0.39, 0.29) is 17.0 Å². The van der Waals surface area contributed by atoms with Gasteiger partial charge >= 0.3 is 6.18 Å². The van der Waals surface area contributed by atoms with Gasteiger partial charge in [-0.2, -0.15) is 18.2 Å². The smallest absolute Gasteiger partial charge is 0.334 e. The first kappa shape index (κ1) is 19.9. The van der Waals surface area contributed by atoms with Crippen molar-refractivity contribution >= 4 is 0 Å². The zero-order chi connectivity index (χ0) is 21.3. The Balaban J connectivity index is 1.75. The molecule has 0 amide bonds. The summed E-state index contributed by atoms with van der Waals surface area (Å²) >= 11 is 0. The summed E-state index contributed by atoms with van der Waals surface area (Å²) in [6, 6.07) is 18.5. The van der Waals surface area contributed by atoms with Crippen LogP contribution >= 0.6 is 0 Å². The van der Waals surface area contributed by atoms with Crippen LogP contribution in [0.1, 0.15) is 16.7 Å². The van der Waals surface area contributed by atoms with Crippen molar-refractivity contribution in [2.24, 2.45) is 0 Å². The number of rotatable bonds is 4. The third kappa shape index (κ3) is 3.85. The first-order chi connectivity index (χ1) is 14.4. The van der Waals surface area contributed by atoms with Crippen molar-refractivity contribution < 1.29 is 17.7 Å². The molecule has 0 aliphatic rings. The lowest BCUT2D eigenvalue weighted by Gasteiger charge is -2.15. The van der Waals surface area contributed by atoms with E-state index in [0.29, 0.717) is 17.8 Å². The summed E-state index contributed by atoms with van der Waals surface area (Å²) in [5.74, 6) is 0.352. The van der Waals surface area contributed by atoms with Gasteiger partial charge in [-0.05, 0) is 54.7 Å². The van der Waals surface area contributed by atoms with Gasteiger partial charge in [0.15, 0.2) is 0 Å². The van der Waals surface area contributed by atoms with Crippen LogP contribution in [0.2, 0.25) is 0 Å². The van der Waals surface area contributed by atoms with E-state index < -0.39 is 11.7 Å². The molecule has 30 heavy (non-hydrogen) atoms. The van der Waals surface area contributed by atoms with E-state index in [1.165, 1.54) is 6.07 Å². The van der Waals surface area contributed by atoms with Crippen LogP contribution in [0.3, 0.4) is 0 Å². The Labute approximate surface area is 172 Å². The molecular formula is C24H18F3N2O. The summed E-state index contributed by atoms with van der Waals surface area (Å²) in [6.07, 6.45) is -3.87. The molecule has 0 spiro atoms. The van der Waals surface area contributed by atoms with Gasteiger partial charge < -0.3 is 4.52 Å². The topological polar surface area (TPSA) is 38.9 Å². The summed E-state index contributed by atoms with van der Waals surface area (Å²) in [7, 11) is 0. The zero-order valence-electron chi connectivity index (χ0n) is 16.2. The molecular weight excluding hydrogens is 389 g/mol. The highest BCUT2D eigenvalue weighted by Crippen LogP contribution is 2.40. The average Bonchev–Trinajstić information content (AvgIpc) is 3.23. The van der Waals surface area contributed by atoms with Gasteiger partial charge in [0.25, 0.3) is 5.89 Å². The molecule has 0 aliphatic carbocycles. The molecule has 1 heterocycles. The molecule has 3 nitrogen and oxygen atoms in total. The van der Waals surface area contributed by atoms with E-state index in [9.17, 15) is 13.2 Å². The van der Waals surface area contributed by atoms with Crippen LogP contribution in [-0.2, 0) is 12.6 Å². The van der Waals surface area contributed by atoms with E-state index >= 15 is 0 Å². The number of aromatic nitrogens is 2. The predicted octanol–water partition coefficient (Wildman–Crippen LogP) is 6.77. The summed E-state index contributed by atoms with van der Waals surface area (Å²) < 4.78 is 46.8. The number of halogens is 3. The third-order valence-corrected chi connectivity index (χ3v) is 4.93. The number of hydrogen-bond acceptors (Lipinski definition) is 3. The SMILES string of the molecule is [CH2]Cc1ccc(-c2noc(-c3ccc(-c4ccccc4C)c(C(F)(F)F)c3)n2)cc1. The van der Waals surface area contributed by atoms with Crippen LogP contribution in [0, 0.1) is 13.8 Å². The molecule has 0 N–H and O–H groups in total. The van der Waals surface area contributed by atoms with Crippen molar-refractivity contribution in [2.75, 3.05) is 0 Å². The van der Waals surface area contributed by atoms with Gasteiger partial charge in [-0.3, -0.25) is 0 Å². The number of benzene rings is 3. The van der Waals surface area contributed by atoms with E-state index in [1.807, 2.05) is 24.3 Å². The van der Waals surface area contributed by atoms with Crippen LogP contribution < -0.4 is 0 Å². The Kier molecular flexibility index (Phi) is 5.16. The molecule has 0 unspecified atom stereocenters. The zero-order valence-corrected chi connectivity index (χ0v) is 16.2. The number of alkyl halides is 3. The molecule has 6 heteroatoms. The molecule has 151 valence electrons. The first-order valence-corrected chi connectivity index (χ1v) is 9.36. The van der Waals surface area contributed by atoms with Crippen molar-refractivity contribution in [3.05, 3.63) is 90.3 Å². The maximum Gasteiger partial charge on any atom is 0.417 e. The van der Waals surface area contributed by atoms with Crippen molar-refractivity contribution in [3.63, 3.8) is 0 Å². The van der Waals surface area contributed by atoms with Crippen LogP contribution in [-0.4, -0.2) is 10.1 Å². The Hall–Kier alpha value is -3.41. The number of aryl methyl sites for hydroxylation is 1. The highest BCUT2D eigenvalue weighted by Gasteiger charge is 2.34. The highest BCUT2D eigenvalue weighted by atomic mass is 19.4. The summed E-state index contributed by atoms with van der Waals surface area (Å²) in [4.78, 5) is 4.29. The molecule has 3 aromatic carbocycles. The maximum absolute atomic E-state index is 13.8. The first-order valence-electron chi connectivity index (χ1n) is 9.36. The van der Waals surface area contributed by atoms with Gasteiger partial charge in [-0.1, -0.05) is 59.8 Å². The van der Waals surface area contributed by atoms with Crippen LogP contribution in [0.5, 0.6) is 0 Å². The minimum absolute atomic E-state index is 0.0352. The Morgan fingerprint density at radius 3 is 2.27 bits per heavy atom. The molecule has 0 aliphatic heterocycles. The van der Waals surface area contributed by atoms with Crippen molar-refractivity contribution in [1.82, 2.24) is 10.1 Å². The molecule has 0 saturated carbocycles. The molecule has 4 rings (SSSR count). The Bertz CT molecular complexity index is 1180. The fourth-order valence-electron chi connectivity index (χ4n) is 3.30. The van der Waals surface area contributed by atoms with Crippen molar-refractivity contribution in [2.45, 2.75) is 19.5 Å². The molecule has 1 radical (unpaired) electrons. The van der Waals surface area contributed by atoms with Crippen LogP contribution in [0.4, 0.5) is 13.2 Å². The summed E-state index contributed by atoms with van der Waals surface area (Å²) in [6.45, 7) is 5.61. The normalized spacial score (nSPS) is 11.6. The van der Waals surface area contributed by atoms with Crippen LogP contribution in [0.15, 0.2) is 71.3 Å². The maximum atomic E-state index is 13.8. The van der Waals surface area contributed by atoms with Gasteiger partial charge in [0, 0.05) is 11.1 Å². The lowest BCUT2D eigenvalue weighted by atomic mass is 9.94. The fourth-order valence-corrected chi connectivity index (χ4v) is 3.30. The van der Waals surface area contributed by atoms with Crippen molar-refractivity contribution in [1.29, 1.82) is 0 Å². The van der Waals surface area contributed by atoms with E-state index in [0.717, 1.165) is 22.8 Å². The fraction of sp³-hybridized carbons (Fsp3) is 0.125. The lowest BCUT2D eigenvalue weighted by molar-refractivity contribution is -0.137. The molecule has 0 fully saturated rings. The minimum Gasteiger partial charge on any atom is -0.334 e. The molecule has 1 aromatic heterocycles. The average molecular weight is 407 g/mol. The molecule has 0 bridgehead atoms. The Morgan fingerprint density at radius 1 is 0.900 bits per heavy atom. The third-order valence-electron chi connectivity index (χ3n) is 4.93. The van der Waals surface area contributed by atoms with E-state index in [1.54, 1.807) is 37.3 Å². The van der Waals surface area contributed by atoms with E-state index in [2.05, 4.69) is 17.1 Å². The van der Waals surface area contributed by atoms with E-state index in [4.69, 9.17) is 4.52 Å². The van der Waals surface area contributed by atoms with Crippen molar-refractivity contribution in [3.8, 4) is 34.0 Å². The van der Waals surface area contributed by atoms with Crippen LogP contribution in [0.25, 0.3) is 34.0 Å². The second kappa shape index (κ2) is 7.78. The standard InChI is InChI=1S/C24H18F3N2O/c1-3-16-8-10-17(11-9-16)22-28-23(30-29-22)18-12-13-20(21(14-18)24(25,26)27)19-7-5-4-6-15(19)2/h4-14H,1,3H2,2H3. The summed E-state index contributed by atoms with van der Waals surface area (Å²) in [5.41, 5.74) is 2.67. The number of hydrogen-bond donors (Lipinski definition) is 0. The predicted molar refractivity (Wildman–Crippen MR) is 109 cm³/mol. The Morgan fingerprint density at radius 2 is 1.60 bits per heavy atom. The number of nitrogens with zero attached hydrogens (tertiary/aromatic N) is 2. The van der Waals surface area contributed by atoms with Gasteiger partial charge in [-0.15, -0.1) is 0 Å². The quantitative estimate of drug-likeness (QED) is 0.375. The second-order valence-electron chi connectivity index (χ2n) is 6.94. The lowest BCUT2D eigenvalue weighted by Crippen LogP contribution is -2.08. The second-order valence-corrected chi connectivity index (χ2v) is 6.94. The highest BCUT2D eigenvalue weighted by molar-refractivity contribution is 5.74. The molecule has 4 aromatic rings. The minimum atomic E-state index is -4.53. The monoisotopic (exact) mass is 407 g/mol. The van der Waals surface area contributed by atoms with Gasteiger partial charge in [0.05, 0.1) is 5.56 Å².